The van der Waals surface area contributed by atoms with Crippen LogP contribution in [0, 0.1) is 17.8 Å². The molecule has 2 saturated carbocycles. The molecule has 2 aliphatic carbocycles. The van der Waals surface area contributed by atoms with Crippen molar-refractivity contribution < 1.29 is 59.2 Å². The second kappa shape index (κ2) is 35.0. The van der Waals surface area contributed by atoms with Gasteiger partial charge in [-0.2, -0.15) is 0 Å². The smallest absolute Gasteiger partial charge is 0.266 e. The molecule has 0 spiro atoms. The summed E-state index contributed by atoms with van der Waals surface area (Å²) >= 11 is 6.06. The van der Waals surface area contributed by atoms with E-state index in [4.69, 9.17) is 25.2 Å². The highest BCUT2D eigenvalue weighted by Gasteiger charge is 2.47. The van der Waals surface area contributed by atoms with Crippen molar-refractivity contribution in [3.8, 4) is 0 Å². The quantitative estimate of drug-likeness (QED) is 0.0285. The lowest BCUT2D eigenvalue weighted by Gasteiger charge is -2.33. The Balaban J connectivity index is 0.000000204. The molecule has 5 heterocycles. The molecule has 7 aromatic rings. The SMILES string of the molecule is CS(=O)(=O)N[C@H](CCC1CCCCC1)C(=O)N1C[C@H](OCc2ccc(Cl)cc2)C[C@H]1C(=O)N[C@@H](Cc1ccccc1)C(=O)c1nc2ccccc2o1.CS(=O)(=O)N[C@H](CCC1CCNCC1)C(=O)N1CC[C@H](c2ccccc2)[C@H]1C(=O)N[C@@H](CC1CCCCC1)C(=O)c1nc2ccccc2o1. The van der Waals surface area contributed by atoms with Crippen LogP contribution >= 0.6 is 11.6 Å². The molecular weight excluding hydrogens is 1350 g/mol. The van der Waals surface area contributed by atoms with Crippen molar-refractivity contribution in [2.24, 2.45) is 17.8 Å². The number of oxazole rings is 2. The molecule has 12 rings (SSSR count). The number of piperidine rings is 1. The van der Waals surface area contributed by atoms with Gasteiger partial charge in [0.1, 0.15) is 41.2 Å². The van der Waals surface area contributed by atoms with Gasteiger partial charge in [-0.15, -0.1) is 0 Å². The maximum atomic E-state index is 14.6. The monoisotopic (exact) mass is 1440 g/mol. The minimum Gasteiger partial charge on any atom is -0.434 e. The third-order valence-corrected chi connectivity index (χ3v) is 22.2. The van der Waals surface area contributed by atoms with E-state index in [2.05, 4.69) is 35.4 Å². The number of amides is 4. The van der Waals surface area contributed by atoms with E-state index in [9.17, 15) is 45.6 Å². The number of likely N-dealkylation sites (tertiary alicyclic amines) is 2. The Labute approximate surface area is 596 Å². The molecule has 22 nitrogen and oxygen atoms in total. The van der Waals surface area contributed by atoms with Crippen molar-refractivity contribution in [1.82, 2.24) is 45.2 Å². The lowest BCUT2D eigenvalue weighted by molar-refractivity contribution is -0.140. The van der Waals surface area contributed by atoms with Crippen LogP contribution in [0.5, 0.6) is 0 Å². The number of aromatic nitrogens is 2. The number of ketones is 2. The van der Waals surface area contributed by atoms with E-state index in [0.29, 0.717) is 77.6 Å². The zero-order valence-corrected chi connectivity index (χ0v) is 59.9. The number of nitrogens with zero attached hydrogens (tertiary/aromatic N) is 4. The maximum absolute atomic E-state index is 14.6. The first-order valence-electron chi connectivity index (χ1n) is 35.8. The maximum Gasteiger partial charge on any atom is 0.266 e. The predicted molar refractivity (Wildman–Crippen MR) is 385 cm³/mol. The number of para-hydroxylation sites is 4. The van der Waals surface area contributed by atoms with Gasteiger partial charge < -0.3 is 39.3 Å². The van der Waals surface area contributed by atoms with E-state index in [1.807, 2.05) is 84.9 Å². The van der Waals surface area contributed by atoms with Gasteiger partial charge >= 0.3 is 0 Å². The predicted octanol–water partition coefficient (Wildman–Crippen LogP) is 10.4. The summed E-state index contributed by atoms with van der Waals surface area (Å²) in [6.07, 6.45) is 17.6. The molecule has 5 aliphatic rings. The van der Waals surface area contributed by atoms with E-state index in [0.717, 1.165) is 113 Å². The van der Waals surface area contributed by atoms with Crippen molar-refractivity contribution in [2.45, 2.75) is 183 Å². The second-order valence-corrected chi connectivity index (χ2v) is 32.1. The van der Waals surface area contributed by atoms with Gasteiger partial charge in [-0.3, -0.25) is 28.8 Å². The van der Waals surface area contributed by atoms with Crippen LogP contribution in [0.25, 0.3) is 22.2 Å². The van der Waals surface area contributed by atoms with Crippen molar-refractivity contribution in [3.63, 3.8) is 0 Å². The van der Waals surface area contributed by atoms with Crippen molar-refractivity contribution >= 4 is 89.0 Å². The van der Waals surface area contributed by atoms with Crippen LogP contribution in [-0.4, -0.2) is 153 Å². The van der Waals surface area contributed by atoms with Gasteiger partial charge in [0, 0.05) is 36.9 Å². The number of halogens is 1. The summed E-state index contributed by atoms with van der Waals surface area (Å²) in [5.74, 6) is -2.23. The molecule has 5 N–H and O–H groups in total. The Morgan fingerprint density at radius 1 is 0.564 bits per heavy atom. The first-order chi connectivity index (χ1) is 48.7. The summed E-state index contributed by atoms with van der Waals surface area (Å²) in [4.78, 5) is 97.4. The summed E-state index contributed by atoms with van der Waals surface area (Å²) < 4.78 is 73.1. The summed E-state index contributed by atoms with van der Waals surface area (Å²) in [5, 5.41) is 9.93. The van der Waals surface area contributed by atoms with Crippen LogP contribution in [0.15, 0.2) is 142 Å². The highest BCUT2D eigenvalue weighted by Crippen LogP contribution is 2.37. The number of ether oxygens (including phenoxy) is 1. The van der Waals surface area contributed by atoms with E-state index in [-0.39, 0.29) is 61.9 Å². The summed E-state index contributed by atoms with van der Waals surface area (Å²) in [6, 6.07) is 34.3. The Morgan fingerprint density at radius 3 is 1.63 bits per heavy atom. The number of carbonyl (C=O) groups is 6. The molecule has 2 aromatic heterocycles. The fourth-order valence-electron chi connectivity index (χ4n) is 15.3. The number of Topliss-reactive ketones (excluding diaryl/α,β-unsaturated/α-hetero) is 2. The van der Waals surface area contributed by atoms with Crippen molar-refractivity contribution in [1.29, 1.82) is 0 Å². The number of nitrogens with one attached hydrogen (secondary N) is 5. The number of benzene rings is 5. The minimum absolute atomic E-state index is 0.0448. The van der Waals surface area contributed by atoms with Gasteiger partial charge in [0.05, 0.1) is 31.3 Å². The first kappa shape index (κ1) is 74.5. The molecule has 4 amide bonds. The number of hydrogen-bond donors (Lipinski definition) is 5. The molecule has 25 heteroatoms. The lowest BCUT2D eigenvalue weighted by Crippen LogP contribution is -2.56. The molecule has 3 saturated heterocycles. The fraction of sp³-hybridized carbons (Fsp3) is 0.500. The van der Waals surface area contributed by atoms with Gasteiger partial charge in [0.2, 0.25) is 55.2 Å². The van der Waals surface area contributed by atoms with Gasteiger partial charge in [0.25, 0.3) is 11.8 Å². The molecule has 0 bridgehead atoms. The molecule has 5 aromatic carbocycles. The van der Waals surface area contributed by atoms with Gasteiger partial charge in [-0.1, -0.05) is 173 Å². The molecule has 3 aliphatic heterocycles. The summed E-state index contributed by atoms with van der Waals surface area (Å²) in [6.45, 7) is 2.38. The van der Waals surface area contributed by atoms with Crippen LogP contribution in [-0.2, 0) is 57.0 Å². The number of carbonyl (C=O) groups excluding carboxylic acids is 6. The van der Waals surface area contributed by atoms with Crippen LogP contribution < -0.4 is 25.4 Å². The molecule has 540 valence electrons. The lowest BCUT2D eigenvalue weighted by atomic mass is 9.83. The van der Waals surface area contributed by atoms with Crippen LogP contribution in [0.4, 0.5) is 0 Å². The summed E-state index contributed by atoms with van der Waals surface area (Å²) in [5.41, 5.74) is 4.61. The van der Waals surface area contributed by atoms with E-state index in [1.54, 1.807) is 53.4 Å². The van der Waals surface area contributed by atoms with Gasteiger partial charge in [0.15, 0.2) is 11.2 Å². The zero-order valence-electron chi connectivity index (χ0n) is 57.5. The normalized spacial score (nSPS) is 20.7. The summed E-state index contributed by atoms with van der Waals surface area (Å²) in [7, 11) is -7.48. The standard InChI is InChI=1S/C39H45ClN4O7S.C37H49N5O6S/c1-52(48,49)43-32(21-18-26-10-4-2-5-11-26)39(47)44-24-30(50-25-28-16-19-29(40)20-17-28)23-34(44)37(46)41-33(22-27-12-6-3-7-13-27)36(45)38-42-31-14-8-9-15-35(31)51-38;1-49(46,47)41-30(17-16-25-18-21-38-22-19-25)37(45)42-23-20-28(27-12-6-3-7-13-27)33(42)35(44)39-31(24-26-10-4-2-5-11-26)34(43)36-40-29-14-8-9-15-32(29)48-36/h3,6-9,12-17,19-20,26,30,32-34,43H,2,4-5,10-11,18,21-25H2,1H3,(H,41,46);3,6-9,12-15,25-26,28,30-31,33,38,41H,2,4-5,10-11,16-24H2,1H3,(H,39,44)/t30-,32-,33+,34+;28-,30-,31+,33+/m11/s1. The highest BCUT2D eigenvalue weighted by atomic mass is 35.5. The number of sulfonamides is 2. The molecular formula is C76H94ClN9O13S2. The fourth-order valence-corrected chi connectivity index (χ4v) is 16.9. The Morgan fingerprint density at radius 2 is 1.07 bits per heavy atom. The Hall–Kier alpha value is -7.71. The largest absolute Gasteiger partial charge is 0.434 e. The third-order valence-electron chi connectivity index (χ3n) is 20.5. The molecule has 0 unspecified atom stereocenters. The average Bonchev–Trinajstić information content (AvgIpc) is 1.58. The molecule has 8 atom stereocenters. The van der Waals surface area contributed by atoms with Crippen LogP contribution in [0.2, 0.25) is 5.02 Å². The van der Waals surface area contributed by atoms with E-state index < -0.39 is 91.8 Å². The molecule has 5 fully saturated rings. The second-order valence-electron chi connectivity index (χ2n) is 28.1. The first-order valence-corrected chi connectivity index (χ1v) is 40.0. The minimum atomic E-state index is -3.76. The topological polar surface area (TPSA) is 299 Å². The van der Waals surface area contributed by atoms with Gasteiger partial charge in [-0.25, -0.2) is 36.2 Å². The third kappa shape index (κ3) is 20.8. The molecule has 101 heavy (non-hydrogen) atoms. The molecule has 0 radical (unpaired) electrons. The van der Waals surface area contributed by atoms with Gasteiger partial charge in [-0.05, 0) is 135 Å². The van der Waals surface area contributed by atoms with Crippen LogP contribution in [0.3, 0.4) is 0 Å². The Kier molecular flexibility index (Phi) is 25.8. The average molecular weight is 1440 g/mol. The Bertz CT molecular complexity index is 4120. The van der Waals surface area contributed by atoms with Crippen molar-refractivity contribution in [3.05, 3.63) is 167 Å². The van der Waals surface area contributed by atoms with Crippen molar-refractivity contribution in [2.75, 3.05) is 38.7 Å². The van der Waals surface area contributed by atoms with E-state index >= 15 is 0 Å². The number of fused-ring (bicyclic) bond motifs is 2. The highest BCUT2D eigenvalue weighted by molar-refractivity contribution is 7.89. The van der Waals surface area contributed by atoms with E-state index in [1.165, 1.54) is 11.3 Å². The number of hydrogen-bond acceptors (Lipinski definition) is 16. The van der Waals surface area contributed by atoms with Crippen LogP contribution in [0.1, 0.15) is 166 Å². The zero-order chi connectivity index (χ0) is 71.0. The number of rotatable bonds is 28.